The molecule has 16 heavy (non-hydrogen) atoms. The van der Waals surface area contributed by atoms with Gasteiger partial charge in [0.25, 0.3) is 0 Å². The Kier molecular flexibility index (Phi) is 3.97. The van der Waals surface area contributed by atoms with E-state index in [0.29, 0.717) is 12.1 Å². The topological polar surface area (TPSA) is 38.0 Å². The van der Waals surface area contributed by atoms with Crippen LogP contribution in [0.1, 0.15) is 44.2 Å². The Bertz CT molecular complexity index is 310. The molecule has 3 N–H and O–H groups in total. The van der Waals surface area contributed by atoms with E-state index in [-0.39, 0.29) is 6.04 Å². The maximum Gasteiger partial charge on any atom is 0.0475 e. The SMILES string of the molecule is CCC[C@H]1CC[C@H](N)[C@H](c2ccccc2)N1. The average molecular weight is 218 g/mol. The molecule has 88 valence electrons. The third-order valence-electron chi connectivity index (χ3n) is 3.49. The summed E-state index contributed by atoms with van der Waals surface area (Å²) < 4.78 is 0. The van der Waals surface area contributed by atoms with E-state index in [1.54, 1.807) is 0 Å². The minimum Gasteiger partial charge on any atom is -0.326 e. The molecule has 0 saturated carbocycles. The van der Waals surface area contributed by atoms with Gasteiger partial charge in [0, 0.05) is 18.1 Å². The lowest BCUT2D eigenvalue weighted by Gasteiger charge is -2.36. The quantitative estimate of drug-likeness (QED) is 0.818. The highest BCUT2D eigenvalue weighted by Gasteiger charge is 2.27. The molecule has 1 aromatic carbocycles. The zero-order valence-corrected chi connectivity index (χ0v) is 10.0. The first kappa shape index (κ1) is 11.6. The van der Waals surface area contributed by atoms with E-state index < -0.39 is 0 Å². The zero-order valence-electron chi connectivity index (χ0n) is 10.0. The lowest BCUT2D eigenvalue weighted by Crippen LogP contribution is -2.48. The maximum absolute atomic E-state index is 6.21. The molecule has 1 heterocycles. The van der Waals surface area contributed by atoms with Gasteiger partial charge < -0.3 is 11.1 Å². The van der Waals surface area contributed by atoms with Crippen molar-refractivity contribution < 1.29 is 0 Å². The van der Waals surface area contributed by atoms with Crippen molar-refractivity contribution >= 4 is 0 Å². The van der Waals surface area contributed by atoms with E-state index in [1.165, 1.54) is 24.8 Å². The van der Waals surface area contributed by atoms with Crippen molar-refractivity contribution in [1.82, 2.24) is 5.32 Å². The number of hydrogen-bond donors (Lipinski definition) is 2. The predicted octanol–water partition coefficient (Wildman–Crippen LogP) is 2.61. The Balaban J connectivity index is 2.07. The molecule has 1 saturated heterocycles. The van der Waals surface area contributed by atoms with Gasteiger partial charge in [-0.05, 0) is 24.8 Å². The number of benzene rings is 1. The second-order valence-corrected chi connectivity index (χ2v) is 4.78. The molecule has 0 aromatic heterocycles. The average Bonchev–Trinajstić information content (AvgIpc) is 2.33. The molecule has 0 amide bonds. The van der Waals surface area contributed by atoms with Gasteiger partial charge in [0.05, 0.1) is 0 Å². The molecule has 1 aliphatic rings. The summed E-state index contributed by atoms with van der Waals surface area (Å²) in [5, 5.41) is 3.70. The first-order valence-corrected chi connectivity index (χ1v) is 6.38. The van der Waals surface area contributed by atoms with E-state index in [0.717, 1.165) is 6.42 Å². The Morgan fingerprint density at radius 3 is 2.69 bits per heavy atom. The normalized spacial score (nSPS) is 30.2. The Labute approximate surface area is 98.2 Å². The van der Waals surface area contributed by atoms with E-state index in [1.807, 2.05) is 0 Å². The van der Waals surface area contributed by atoms with Crippen LogP contribution in [0.3, 0.4) is 0 Å². The highest BCUT2D eigenvalue weighted by molar-refractivity contribution is 5.21. The molecule has 0 bridgehead atoms. The molecule has 2 rings (SSSR count). The van der Waals surface area contributed by atoms with Gasteiger partial charge in [-0.3, -0.25) is 0 Å². The number of piperidine rings is 1. The van der Waals surface area contributed by atoms with Gasteiger partial charge in [0.15, 0.2) is 0 Å². The lowest BCUT2D eigenvalue weighted by molar-refractivity contribution is 0.277. The largest absolute Gasteiger partial charge is 0.326 e. The van der Waals surface area contributed by atoms with Crippen molar-refractivity contribution in [1.29, 1.82) is 0 Å². The smallest absolute Gasteiger partial charge is 0.0475 e. The van der Waals surface area contributed by atoms with Crippen LogP contribution in [-0.2, 0) is 0 Å². The minimum absolute atomic E-state index is 0.260. The van der Waals surface area contributed by atoms with E-state index in [9.17, 15) is 0 Å². The molecule has 0 aliphatic carbocycles. The fourth-order valence-corrected chi connectivity index (χ4v) is 2.60. The van der Waals surface area contributed by atoms with E-state index >= 15 is 0 Å². The van der Waals surface area contributed by atoms with Crippen LogP contribution in [0.15, 0.2) is 30.3 Å². The molecule has 1 aliphatic heterocycles. The van der Waals surface area contributed by atoms with Gasteiger partial charge in [-0.25, -0.2) is 0 Å². The van der Waals surface area contributed by atoms with Crippen molar-refractivity contribution in [3.05, 3.63) is 35.9 Å². The fourth-order valence-electron chi connectivity index (χ4n) is 2.60. The summed E-state index contributed by atoms with van der Waals surface area (Å²) in [6.07, 6.45) is 4.86. The summed E-state index contributed by atoms with van der Waals surface area (Å²) in [5.74, 6) is 0. The van der Waals surface area contributed by atoms with Gasteiger partial charge in [-0.2, -0.15) is 0 Å². The molecule has 3 atom stereocenters. The summed E-state index contributed by atoms with van der Waals surface area (Å²) >= 11 is 0. The molecule has 2 heteroatoms. The van der Waals surface area contributed by atoms with Crippen LogP contribution >= 0.6 is 0 Å². The summed E-state index contributed by atoms with van der Waals surface area (Å²) in [7, 11) is 0. The minimum atomic E-state index is 0.260. The first-order chi connectivity index (χ1) is 7.81. The summed E-state index contributed by atoms with van der Waals surface area (Å²) in [6, 6.07) is 11.8. The molecule has 1 aromatic rings. The molecular formula is C14H22N2. The fraction of sp³-hybridized carbons (Fsp3) is 0.571. The summed E-state index contributed by atoms with van der Waals surface area (Å²) in [5.41, 5.74) is 7.54. The highest BCUT2D eigenvalue weighted by Crippen LogP contribution is 2.26. The van der Waals surface area contributed by atoms with Crippen molar-refractivity contribution in [2.24, 2.45) is 5.73 Å². The lowest BCUT2D eigenvalue weighted by atomic mass is 9.88. The van der Waals surface area contributed by atoms with Crippen LogP contribution in [0.4, 0.5) is 0 Å². The maximum atomic E-state index is 6.21. The van der Waals surface area contributed by atoms with Gasteiger partial charge in [-0.1, -0.05) is 43.7 Å². The van der Waals surface area contributed by atoms with E-state index in [4.69, 9.17) is 5.73 Å². The van der Waals surface area contributed by atoms with Crippen LogP contribution in [0.2, 0.25) is 0 Å². The molecule has 0 radical (unpaired) electrons. The number of nitrogens with two attached hydrogens (primary N) is 1. The van der Waals surface area contributed by atoms with Crippen LogP contribution in [-0.4, -0.2) is 12.1 Å². The Morgan fingerprint density at radius 2 is 2.00 bits per heavy atom. The zero-order chi connectivity index (χ0) is 11.4. The van der Waals surface area contributed by atoms with Crippen molar-refractivity contribution in [2.45, 2.75) is 50.7 Å². The molecular weight excluding hydrogens is 196 g/mol. The number of nitrogens with one attached hydrogen (secondary N) is 1. The summed E-state index contributed by atoms with van der Waals surface area (Å²) in [4.78, 5) is 0. The Hall–Kier alpha value is -0.860. The van der Waals surface area contributed by atoms with Crippen LogP contribution < -0.4 is 11.1 Å². The van der Waals surface area contributed by atoms with Crippen molar-refractivity contribution in [3.63, 3.8) is 0 Å². The molecule has 1 fully saturated rings. The second kappa shape index (κ2) is 5.46. The third-order valence-corrected chi connectivity index (χ3v) is 3.49. The second-order valence-electron chi connectivity index (χ2n) is 4.78. The van der Waals surface area contributed by atoms with Gasteiger partial charge in [0.1, 0.15) is 0 Å². The molecule has 0 unspecified atom stereocenters. The van der Waals surface area contributed by atoms with Crippen LogP contribution in [0.5, 0.6) is 0 Å². The highest BCUT2D eigenvalue weighted by atomic mass is 15.0. The van der Waals surface area contributed by atoms with Gasteiger partial charge in [0.2, 0.25) is 0 Å². The molecule has 2 nitrogen and oxygen atoms in total. The monoisotopic (exact) mass is 218 g/mol. The first-order valence-electron chi connectivity index (χ1n) is 6.38. The van der Waals surface area contributed by atoms with Gasteiger partial charge >= 0.3 is 0 Å². The van der Waals surface area contributed by atoms with Crippen molar-refractivity contribution in [2.75, 3.05) is 0 Å². The summed E-state index contributed by atoms with van der Waals surface area (Å²) in [6.45, 7) is 2.24. The number of rotatable bonds is 3. The van der Waals surface area contributed by atoms with Crippen molar-refractivity contribution in [3.8, 4) is 0 Å². The number of hydrogen-bond acceptors (Lipinski definition) is 2. The Morgan fingerprint density at radius 1 is 1.25 bits per heavy atom. The third kappa shape index (κ3) is 2.63. The van der Waals surface area contributed by atoms with Gasteiger partial charge in [-0.15, -0.1) is 0 Å². The molecule has 0 spiro atoms. The predicted molar refractivity (Wildman–Crippen MR) is 68.2 cm³/mol. The van der Waals surface area contributed by atoms with Crippen LogP contribution in [0.25, 0.3) is 0 Å². The van der Waals surface area contributed by atoms with E-state index in [2.05, 4.69) is 42.6 Å². The standard InChI is InChI=1S/C14H22N2/c1-2-6-12-9-10-13(15)14(16-12)11-7-4-3-5-8-11/h3-5,7-8,12-14,16H,2,6,9-10,15H2,1H3/t12-,13-,14-/m0/s1. The van der Waals surface area contributed by atoms with Crippen LogP contribution in [0, 0.1) is 0 Å².